The van der Waals surface area contributed by atoms with Gasteiger partial charge < -0.3 is 10.1 Å². The monoisotopic (exact) mass is 462 g/mol. The number of amides is 1. The molecule has 174 valence electrons. The van der Waals surface area contributed by atoms with E-state index in [2.05, 4.69) is 20.5 Å². The highest BCUT2D eigenvalue weighted by molar-refractivity contribution is 6.04. The van der Waals surface area contributed by atoms with Gasteiger partial charge in [-0.1, -0.05) is 0 Å². The largest absolute Gasteiger partial charge is 0.469 e. The summed E-state index contributed by atoms with van der Waals surface area (Å²) in [6.45, 7) is 3.83. The zero-order chi connectivity index (χ0) is 24.2. The van der Waals surface area contributed by atoms with Crippen LogP contribution < -0.4 is 5.32 Å². The predicted octanol–water partition coefficient (Wildman–Crippen LogP) is 3.57. The number of aromatic nitrogens is 5. The standard InChI is InChI=1S/C24H23FN6O3/c1-15-20(9-11-23(32)34-3)16(2)31(29-15)19-7-4-17(5-8-19)24(33)28-18-6-10-22(21(25)12-18)30-14-26-13-27-30/h4-8,10,12-14H,9,11H2,1-3H3,(H,28,33). The lowest BCUT2D eigenvalue weighted by Gasteiger charge is -2.09. The van der Waals surface area contributed by atoms with E-state index in [1.807, 2.05) is 13.8 Å². The highest BCUT2D eigenvalue weighted by Crippen LogP contribution is 2.21. The maximum atomic E-state index is 14.4. The van der Waals surface area contributed by atoms with Crippen LogP contribution in [-0.2, 0) is 16.0 Å². The van der Waals surface area contributed by atoms with Gasteiger partial charge in [0.1, 0.15) is 18.3 Å². The van der Waals surface area contributed by atoms with Crippen molar-refractivity contribution in [2.24, 2.45) is 0 Å². The molecule has 1 amide bonds. The minimum atomic E-state index is -0.536. The van der Waals surface area contributed by atoms with Crippen molar-refractivity contribution in [1.29, 1.82) is 0 Å². The minimum absolute atomic E-state index is 0.232. The number of aryl methyl sites for hydroxylation is 1. The summed E-state index contributed by atoms with van der Waals surface area (Å²) in [5.74, 6) is -1.17. The van der Waals surface area contributed by atoms with E-state index in [-0.39, 0.29) is 24.0 Å². The van der Waals surface area contributed by atoms with Crippen molar-refractivity contribution in [3.63, 3.8) is 0 Å². The Morgan fingerprint density at radius 2 is 1.88 bits per heavy atom. The van der Waals surface area contributed by atoms with Gasteiger partial charge in [0.05, 0.1) is 18.5 Å². The van der Waals surface area contributed by atoms with Crippen LogP contribution in [0.4, 0.5) is 10.1 Å². The fourth-order valence-corrected chi connectivity index (χ4v) is 3.68. The van der Waals surface area contributed by atoms with E-state index in [0.29, 0.717) is 17.7 Å². The molecule has 4 rings (SSSR count). The lowest BCUT2D eigenvalue weighted by Crippen LogP contribution is -2.12. The quantitative estimate of drug-likeness (QED) is 0.421. The molecule has 0 fully saturated rings. The summed E-state index contributed by atoms with van der Waals surface area (Å²) in [6, 6.07) is 11.3. The maximum Gasteiger partial charge on any atom is 0.305 e. The number of methoxy groups -OCH3 is 1. The second-order valence-corrected chi connectivity index (χ2v) is 7.64. The SMILES string of the molecule is COC(=O)CCc1c(C)nn(-c2ccc(C(=O)Nc3ccc(-n4cncn4)c(F)c3)cc2)c1C. The maximum absolute atomic E-state index is 14.4. The number of anilines is 1. The first-order valence-electron chi connectivity index (χ1n) is 10.6. The zero-order valence-corrected chi connectivity index (χ0v) is 18.9. The number of nitrogens with zero attached hydrogens (tertiary/aromatic N) is 5. The van der Waals surface area contributed by atoms with E-state index < -0.39 is 5.82 Å². The Labute approximate surface area is 195 Å². The third-order valence-electron chi connectivity index (χ3n) is 5.49. The number of esters is 1. The van der Waals surface area contributed by atoms with Gasteiger partial charge in [-0.25, -0.2) is 18.7 Å². The van der Waals surface area contributed by atoms with Gasteiger partial charge in [0.2, 0.25) is 0 Å². The number of carbonyl (C=O) groups excluding carboxylic acids is 2. The molecule has 0 aliphatic rings. The van der Waals surface area contributed by atoms with Crippen LogP contribution in [-0.4, -0.2) is 43.5 Å². The molecule has 10 heteroatoms. The third-order valence-corrected chi connectivity index (χ3v) is 5.49. The highest BCUT2D eigenvalue weighted by atomic mass is 19.1. The van der Waals surface area contributed by atoms with Crippen molar-refractivity contribution in [3.05, 3.63) is 83.5 Å². The molecular weight excluding hydrogens is 439 g/mol. The molecule has 4 aromatic rings. The Morgan fingerprint density at radius 1 is 1.12 bits per heavy atom. The molecule has 0 saturated heterocycles. The molecule has 0 aliphatic heterocycles. The minimum Gasteiger partial charge on any atom is -0.469 e. The highest BCUT2D eigenvalue weighted by Gasteiger charge is 2.15. The van der Waals surface area contributed by atoms with Crippen molar-refractivity contribution >= 4 is 17.6 Å². The number of benzene rings is 2. The normalized spacial score (nSPS) is 10.8. The smallest absolute Gasteiger partial charge is 0.305 e. The Morgan fingerprint density at radius 3 is 2.53 bits per heavy atom. The number of carbonyl (C=O) groups is 2. The molecule has 2 aromatic heterocycles. The Bertz CT molecular complexity index is 1330. The van der Waals surface area contributed by atoms with Gasteiger partial charge in [-0.2, -0.15) is 10.2 Å². The summed E-state index contributed by atoms with van der Waals surface area (Å²) < 4.78 is 22.2. The predicted molar refractivity (Wildman–Crippen MR) is 123 cm³/mol. The molecule has 0 radical (unpaired) electrons. The van der Waals surface area contributed by atoms with Crippen LogP contribution in [0.3, 0.4) is 0 Å². The van der Waals surface area contributed by atoms with Crippen LogP contribution in [0.2, 0.25) is 0 Å². The summed E-state index contributed by atoms with van der Waals surface area (Å²) in [5.41, 5.74) is 4.49. The molecule has 1 N–H and O–H groups in total. The molecule has 0 atom stereocenters. The van der Waals surface area contributed by atoms with Gasteiger partial charge in [-0.15, -0.1) is 0 Å². The van der Waals surface area contributed by atoms with Crippen molar-refractivity contribution in [2.75, 3.05) is 12.4 Å². The molecule has 0 unspecified atom stereocenters. The van der Waals surface area contributed by atoms with Gasteiger partial charge >= 0.3 is 5.97 Å². The van der Waals surface area contributed by atoms with Crippen LogP contribution in [0.15, 0.2) is 55.1 Å². The van der Waals surface area contributed by atoms with Crippen LogP contribution in [0.25, 0.3) is 11.4 Å². The Balaban J connectivity index is 1.47. The average Bonchev–Trinajstić information content (AvgIpc) is 3.46. The molecular formula is C24H23FN6O3. The van der Waals surface area contributed by atoms with E-state index in [4.69, 9.17) is 4.74 Å². The second kappa shape index (κ2) is 9.65. The summed E-state index contributed by atoms with van der Waals surface area (Å²) in [4.78, 5) is 28.0. The van der Waals surface area contributed by atoms with Gasteiger partial charge in [0.25, 0.3) is 5.91 Å². The van der Waals surface area contributed by atoms with Crippen LogP contribution in [0.5, 0.6) is 0 Å². The topological polar surface area (TPSA) is 104 Å². The van der Waals surface area contributed by atoms with Crippen molar-refractivity contribution < 1.29 is 18.7 Å². The van der Waals surface area contributed by atoms with E-state index in [1.54, 1.807) is 35.0 Å². The number of rotatable bonds is 7. The number of hydrogen-bond acceptors (Lipinski definition) is 6. The molecule has 0 saturated carbocycles. The fourth-order valence-electron chi connectivity index (χ4n) is 3.68. The first-order chi connectivity index (χ1) is 16.4. The van der Waals surface area contributed by atoms with Crippen LogP contribution >= 0.6 is 0 Å². The fraction of sp³-hybridized carbons (Fsp3) is 0.208. The van der Waals surface area contributed by atoms with E-state index in [1.165, 1.54) is 36.6 Å². The van der Waals surface area contributed by atoms with Gasteiger partial charge in [-0.05, 0) is 68.3 Å². The number of halogens is 1. The molecule has 0 spiro atoms. The lowest BCUT2D eigenvalue weighted by atomic mass is 10.1. The van der Waals surface area contributed by atoms with Crippen molar-refractivity contribution in [2.45, 2.75) is 26.7 Å². The molecule has 0 aliphatic carbocycles. The van der Waals surface area contributed by atoms with E-state index >= 15 is 0 Å². The average molecular weight is 462 g/mol. The first kappa shape index (κ1) is 22.8. The Kier molecular flexibility index (Phi) is 6.48. The van der Waals surface area contributed by atoms with E-state index in [0.717, 1.165) is 22.6 Å². The van der Waals surface area contributed by atoms with Crippen LogP contribution in [0, 0.1) is 19.7 Å². The zero-order valence-electron chi connectivity index (χ0n) is 18.9. The molecule has 9 nitrogen and oxygen atoms in total. The summed E-state index contributed by atoms with van der Waals surface area (Å²) in [6.07, 6.45) is 3.53. The molecule has 2 heterocycles. The molecule has 34 heavy (non-hydrogen) atoms. The Hall–Kier alpha value is -4.34. The van der Waals surface area contributed by atoms with Crippen molar-refractivity contribution in [1.82, 2.24) is 24.5 Å². The molecule has 0 bridgehead atoms. The number of hydrogen-bond donors (Lipinski definition) is 1. The third kappa shape index (κ3) is 4.70. The van der Waals surface area contributed by atoms with Crippen molar-refractivity contribution in [3.8, 4) is 11.4 Å². The molecule has 2 aromatic carbocycles. The summed E-state index contributed by atoms with van der Waals surface area (Å²) in [7, 11) is 1.37. The summed E-state index contributed by atoms with van der Waals surface area (Å²) >= 11 is 0. The number of nitrogens with one attached hydrogen (secondary N) is 1. The van der Waals surface area contributed by atoms with Gasteiger partial charge in [0, 0.05) is 23.4 Å². The lowest BCUT2D eigenvalue weighted by molar-refractivity contribution is -0.140. The summed E-state index contributed by atoms with van der Waals surface area (Å²) in [5, 5.41) is 11.2. The van der Waals surface area contributed by atoms with Crippen LogP contribution in [0.1, 0.15) is 33.7 Å². The number of ether oxygens (including phenoxy) is 1. The second-order valence-electron chi connectivity index (χ2n) is 7.64. The van der Waals surface area contributed by atoms with E-state index in [9.17, 15) is 14.0 Å². The first-order valence-corrected chi connectivity index (χ1v) is 10.6. The van der Waals surface area contributed by atoms with Gasteiger partial charge in [-0.3, -0.25) is 9.59 Å². The van der Waals surface area contributed by atoms with Gasteiger partial charge in [0.15, 0.2) is 5.82 Å².